The minimum atomic E-state index is -0.936. The summed E-state index contributed by atoms with van der Waals surface area (Å²) in [6, 6.07) is 10.6. The van der Waals surface area contributed by atoms with Crippen molar-refractivity contribution in [3.8, 4) is 5.75 Å². The van der Waals surface area contributed by atoms with Crippen molar-refractivity contribution >= 4 is 11.9 Å². The molecule has 1 aromatic heterocycles. The van der Waals surface area contributed by atoms with E-state index in [4.69, 9.17) is 9.84 Å². The van der Waals surface area contributed by atoms with Crippen LogP contribution < -0.4 is 10.1 Å². The van der Waals surface area contributed by atoms with Crippen LogP contribution in [0.1, 0.15) is 24.5 Å². The molecule has 0 aliphatic carbocycles. The first kappa shape index (κ1) is 17.5. The largest absolute Gasteiger partial charge is 0.489 e. The molecule has 0 aliphatic heterocycles. The lowest BCUT2D eigenvalue weighted by atomic mass is 10.1. The maximum Gasteiger partial charge on any atom is 0.305 e. The van der Waals surface area contributed by atoms with Gasteiger partial charge in [-0.25, -0.2) is 0 Å². The Morgan fingerprint density at radius 2 is 2.04 bits per heavy atom. The van der Waals surface area contributed by atoms with E-state index in [1.807, 2.05) is 30.3 Å². The first-order valence-electron chi connectivity index (χ1n) is 7.64. The number of pyridine rings is 1. The molecule has 0 saturated carbocycles. The average molecular weight is 328 g/mol. The van der Waals surface area contributed by atoms with Gasteiger partial charge in [-0.3, -0.25) is 14.6 Å². The second kappa shape index (κ2) is 8.67. The third-order valence-electron chi connectivity index (χ3n) is 3.28. The van der Waals surface area contributed by atoms with Crippen LogP contribution in [0, 0.1) is 0 Å². The Balaban J connectivity index is 1.88. The van der Waals surface area contributed by atoms with E-state index < -0.39 is 12.0 Å². The number of carbonyl (C=O) groups excluding carboxylic acids is 1. The maximum atomic E-state index is 11.9. The third kappa shape index (κ3) is 6.08. The number of carbonyl (C=O) groups is 2. The van der Waals surface area contributed by atoms with Gasteiger partial charge < -0.3 is 15.2 Å². The SMILES string of the molecule is CC(CC(=O)O)NC(=O)Cc1cccc(OCc2cccnc2)c1. The molecule has 1 aromatic carbocycles. The number of rotatable bonds is 8. The standard InChI is InChI=1S/C18H20N2O4/c1-13(8-18(22)23)20-17(21)10-14-4-2-6-16(9-14)24-12-15-5-3-7-19-11-15/h2-7,9,11,13H,8,10,12H2,1H3,(H,20,21)(H,22,23). The molecule has 0 aliphatic rings. The van der Waals surface area contributed by atoms with Gasteiger partial charge >= 0.3 is 5.97 Å². The van der Waals surface area contributed by atoms with Crippen LogP contribution >= 0.6 is 0 Å². The summed E-state index contributed by atoms with van der Waals surface area (Å²) in [7, 11) is 0. The summed E-state index contributed by atoms with van der Waals surface area (Å²) in [5.74, 6) is -0.482. The highest BCUT2D eigenvalue weighted by molar-refractivity contribution is 5.79. The lowest BCUT2D eigenvalue weighted by molar-refractivity contribution is -0.137. The Labute approximate surface area is 140 Å². The van der Waals surface area contributed by atoms with Crippen LogP contribution in [0.15, 0.2) is 48.8 Å². The van der Waals surface area contributed by atoms with E-state index in [0.29, 0.717) is 12.4 Å². The number of nitrogens with one attached hydrogen (secondary N) is 1. The molecule has 1 amide bonds. The van der Waals surface area contributed by atoms with E-state index in [2.05, 4.69) is 10.3 Å². The molecule has 0 fully saturated rings. The zero-order valence-electron chi connectivity index (χ0n) is 13.4. The number of amides is 1. The average Bonchev–Trinajstić information content (AvgIpc) is 2.53. The van der Waals surface area contributed by atoms with E-state index in [0.717, 1.165) is 11.1 Å². The number of ether oxygens (including phenoxy) is 1. The topological polar surface area (TPSA) is 88.5 Å². The van der Waals surface area contributed by atoms with Gasteiger partial charge in [-0.1, -0.05) is 18.2 Å². The van der Waals surface area contributed by atoms with Crippen LogP contribution in [0.4, 0.5) is 0 Å². The summed E-state index contributed by atoms with van der Waals surface area (Å²) in [4.78, 5) is 26.6. The van der Waals surface area contributed by atoms with Crippen LogP contribution in [-0.4, -0.2) is 28.0 Å². The minimum absolute atomic E-state index is 0.0972. The second-order valence-electron chi connectivity index (χ2n) is 5.54. The summed E-state index contributed by atoms with van der Waals surface area (Å²) in [5, 5.41) is 11.4. The molecule has 6 heteroatoms. The van der Waals surface area contributed by atoms with Crippen LogP contribution in [0.5, 0.6) is 5.75 Å². The van der Waals surface area contributed by atoms with Crippen LogP contribution in [-0.2, 0) is 22.6 Å². The molecule has 0 saturated heterocycles. The lowest BCUT2D eigenvalue weighted by Crippen LogP contribution is -2.35. The Bertz CT molecular complexity index is 688. The molecule has 6 nitrogen and oxygen atoms in total. The van der Waals surface area contributed by atoms with Crippen LogP contribution in [0.25, 0.3) is 0 Å². The van der Waals surface area contributed by atoms with Gasteiger partial charge in [0.1, 0.15) is 12.4 Å². The zero-order chi connectivity index (χ0) is 17.4. The van der Waals surface area contributed by atoms with Gasteiger partial charge in [0.25, 0.3) is 0 Å². The predicted molar refractivity (Wildman–Crippen MR) is 88.6 cm³/mol. The monoisotopic (exact) mass is 328 g/mol. The predicted octanol–water partition coefficient (Wildman–Crippen LogP) is 2.18. The number of benzene rings is 1. The molecule has 2 rings (SSSR count). The van der Waals surface area contributed by atoms with Crippen LogP contribution in [0.3, 0.4) is 0 Å². The summed E-state index contributed by atoms with van der Waals surface area (Å²) < 4.78 is 5.70. The molecular formula is C18H20N2O4. The summed E-state index contributed by atoms with van der Waals surface area (Å²) in [6.45, 7) is 2.07. The third-order valence-corrected chi connectivity index (χ3v) is 3.28. The van der Waals surface area contributed by atoms with E-state index in [-0.39, 0.29) is 18.7 Å². The molecule has 0 spiro atoms. The normalized spacial score (nSPS) is 11.5. The summed E-state index contributed by atoms with van der Waals surface area (Å²) in [5.41, 5.74) is 1.77. The second-order valence-corrected chi connectivity index (χ2v) is 5.54. The van der Waals surface area contributed by atoms with Crippen molar-refractivity contribution in [2.45, 2.75) is 32.4 Å². The number of aliphatic carboxylic acids is 1. The van der Waals surface area contributed by atoms with Crippen molar-refractivity contribution < 1.29 is 19.4 Å². The molecular weight excluding hydrogens is 308 g/mol. The fraction of sp³-hybridized carbons (Fsp3) is 0.278. The molecule has 2 N–H and O–H groups in total. The lowest BCUT2D eigenvalue weighted by Gasteiger charge is -2.12. The van der Waals surface area contributed by atoms with E-state index in [1.54, 1.807) is 25.4 Å². The first-order valence-corrected chi connectivity index (χ1v) is 7.64. The summed E-state index contributed by atoms with van der Waals surface area (Å²) in [6.07, 6.45) is 3.52. The number of aromatic nitrogens is 1. The number of carboxylic acid groups (broad SMARTS) is 1. The van der Waals surface area contributed by atoms with Crippen molar-refractivity contribution in [3.63, 3.8) is 0 Å². The van der Waals surface area contributed by atoms with Gasteiger partial charge in [-0.05, 0) is 30.7 Å². The highest BCUT2D eigenvalue weighted by Crippen LogP contribution is 2.15. The van der Waals surface area contributed by atoms with Gasteiger partial charge in [-0.15, -0.1) is 0 Å². The Kier molecular flexibility index (Phi) is 6.31. The first-order chi connectivity index (χ1) is 11.5. The highest BCUT2D eigenvalue weighted by atomic mass is 16.5. The molecule has 24 heavy (non-hydrogen) atoms. The molecule has 1 atom stereocenters. The Morgan fingerprint density at radius 1 is 1.25 bits per heavy atom. The van der Waals surface area contributed by atoms with Crippen molar-refractivity contribution in [2.24, 2.45) is 0 Å². The Hall–Kier alpha value is -2.89. The molecule has 0 bridgehead atoms. The molecule has 1 unspecified atom stereocenters. The molecule has 126 valence electrons. The number of carboxylic acids is 1. The number of hydrogen-bond acceptors (Lipinski definition) is 4. The zero-order valence-corrected chi connectivity index (χ0v) is 13.4. The van der Waals surface area contributed by atoms with Crippen molar-refractivity contribution in [1.82, 2.24) is 10.3 Å². The van der Waals surface area contributed by atoms with E-state index in [9.17, 15) is 9.59 Å². The van der Waals surface area contributed by atoms with Crippen LogP contribution in [0.2, 0.25) is 0 Å². The van der Waals surface area contributed by atoms with Crippen molar-refractivity contribution in [1.29, 1.82) is 0 Å². The van der Waals surface area contributed by atoms with E-state index >= 15 is 0 Å². The smallest absolute Gasteiger partial charge is 0.305 e. The minimum Gasteiger partial charge on any atom is -0.489 e. The van der Waals surface area contributed by atoms with Gasteiger partial charge in [-0.2, -0.15) is 0 Å². The fourth-order valence-corrected chi connectivity index (χ4v) is 2.22. The van der Waals surface area contributed by atoms with Crippen molar-refractivity contribution in [3.05, 3.63) is 59.9 Å². The maximum absolute atomic E-state index is 11.9. The van der Waals surface area contributed by atoms with Gasteiger partial charge in [0.2, 0.25) is 5.91 Å². The molecule has 1 heterocycles. The van der Waals surface area contributed by atoms with Crippen molar-refractivity contribution in [2.75, 3.05) is 0 Å². The number of hydrogen-bond donors (Lipinski definition) is 2. The summed E-state index contributed by atoms with van der Waals surface area (Å²) >= 11 is 0. The number of nitrogens with zero attached hydrogens (tertiary/aromatic N) is 1. The van der Waals surface area contributed by atoms with Gasteiger partial charge in [0.15, 0.2) is 0 Å². The quantitative estimate of drug-likeness (QED) is 0.775. The van der Waals surface area contributed by atoms with Gasteiger partial charge in [0, 0.05) is 24.0 Å². The fourth-order valence-electron chi connectivity index (χ4n) is 2.22. The van der Waals surface area contributed by atoms with Gasteiger partial charge in [0.05, 0.1) is 12.8 Å². The highest BCUT2D eigenvalue weighted by Gasteiger charge is 2.11. The van der Waals surface area contributed by atoms with E-state index in [1.165, 1.54) is 0 Å². The molecule has 0 radical (unpaired) electrons. The Morgan fingerprint density at radius 3 is 2.75 bits per heavy atom. The molecule has 2 aromatic rings.